The quantitative estimate of drug-likeness (QED) is 0.749. The van der Waals surface area contributed by atoms with E-state index < -0.39 is 0 Å². The van der Waals surface area contributed by atoms with Crippen LogP contribution in [0.25, 0.3) is 0 Å². The van der Waals surface area contributed by atoms with Crippen molar-refractivity contribution in [2.24, 2.45) is 0 Å². The van der Waals surface area contributed by atoms with Crippen molar-refractivity contribution in [1.29, 1.82) is 0 Å². The Morgan fingerprint density at radius 2 is 2.17 bits per heavy atom. The monoisotopic (exact) mass is 316 g/mol. The molecule has 4 heteroatoms. The van der Waals surface area contributed by atoms with Gasteiger partial charge in [0.25, 0.3) is 0 Å². The van der Waals surface area contributed by atoms with Crippen LogP contribution in [0.1, 0.15) is 25.3 Å². The molecular weight excluding hydrogens is 296 g/mol. The number of halogens is 1. The van der Waals surface area contributed by atoms with Gasteiger partial charge in [-0.1, -0.05) is 15.9 Å². The number of methoxy groups -OCH3 is 1. The maximum atomic E-state index is 9.99. The first-order valence-electron chi connectivity index (χ1n) is 6.25. The number of aliphatic hydroxyl groups excluding tert-OH is 1. The number of rotatable bonds is 8. The van der Waals surface area contributed by atoms with Gasteiger partial charge in [0, 0.05) is 24.1 Å². The van der Waals surface area contributed by atoms with E-state index in [1.807, 2.05) is 25.1 Å². The van der Waals surface area contributed by atoms with Gasteiger partial charge < -0.3 is 14.6 Å². The minimum absolute atomic E-state index is 0.353. The smallest absolute Gasteiger partial charge is 0.122 e. The van der Waals surface area contributed by atoms with Gasteiger partial charge in [-0.2, -0.15) is 0 Å². The Hall–Kier alpha value is -0.580. The Morgan fingerprint density at radius 1 is 1.39 bits per heavy atom. The lowest BCUT2D eigenvalue weighted by Crippen LogP contribution is -2.12. The highest BCUT2D eigenvalue weighted by Gasteiger charge is 2.10. The third kappa shape index (κ3) is 5.38. The number of aliphatic hydroxyl groups is 1. The van der Waals surface area contributed by atoms with Gasteiger partial charge in [0.15, 0.2) is 0 Å². The van der Waals surface area contributed by atoms with E-state index in [1.165, 1.54) is 0 Å². The number of benzene rings is 1. The molecule has 0 aromatic heterocycles. The first-order chi connectivity index (χ1) is 8.67. The minimum Gasteiger partial charge on any atom is -0.496 e. The van der Waals surface area contributed by atoms with Crippen molar-refractivity contribution >= 4 is 15.9 Å². The molecule has 0 saturated carbocycles. The van der Waals surface area contributed by atoms with E-state index >= 15 is 0 Å². The SMILES string of the molecule is CCOCCCC(O)Cc1cc(Br)ccc1OC. The van der Waals surface area contributed by atoms with Crippen molar-refractivity contribution < 1.29 is 14.6 Å². The van der Waals surface area contributed by atoms with Gasteiger partial charge in [-0.05, 0) is 43.5 Å². The topological polar surface area (TPSA) is 38.7 Å². The molecule has 1 aromatic carbocycles. The molecule has 102 valence electrons. The third-order valence-corrected chi connectivity index (χ3v) is 3.22. The van der Waals surface area contributed by atoms with Crippen molar-refractivity contribution in [3.63, 3.8) is 0 Å². The van der Waals surface area contributed by atoms with Gasteiger partial charge in [0.2, 0.25) is 0 Å². The zero-order valence-corrected chi connectivity index (χ0v) is 12.6. The number of hydrogen-bond acceptors (Lipinski definition) is 3. The molecule has 0 aliphatic rings. The lowest BCUT2D eigenvalue weighted by atomic mass is 10.0. The summed E-state index contributed by atoms with van der Waals surface area (Å²) in [6.07, 6.45) is 1.88. The van der Waals surface area contributed by atoms with E-state index in [2.05, 4.69) is 15.9 Å². The van der Waals surface area contributed by atoms with Gasteiger partial charge in [0.05, 0.1) is 13.2 Å². The normalized spacial score (nSPS) is 12.4. The molecule has 18 heavy (non-hydrogen) atoms. The van der Waals surface area contributed by atoms with Crippen LogP contribution in [0, 0.1) is 0 Å². The Morgan fingerprint density at radius 3 is 2.83 bits per heavy atom. The zero-order chi connectivity index (χ0) is 13.4. The molecular formula is C14H21BrO3. The van der Waals surface area contributed by atoms with E-state index in [0.29, 0.717) is 13.0 Å². The van der Waals surface area contributed by atoms with Crippen molar-refractivity contribution in [3.05, 3.63) is 28.2 Å². The summed E-state index contributed by atoms with van der Waals surface area (Å²) in [4.78, 5) is 0. The molecule has 0 amide bonds. The molecule has 3 nitrogen and oxygen atoms in total. The molecule has 0 bridgehead atoms. The van der Waals surface area contributed by atoms with Crippen molar-refractivity contribution in [3.8, 4) is 5.75 Å². The van der Waals surface area contributed by atoms with Crippen molar-refractivity contribution in [2.45, 2.75) is 32.3 Å². The fourth-order valence-electron chi connectivity index (χ4n) is 1.83. The molecule has 0 heterocycles. The molecule has 1 N–H and O–H groups in total. The molecule has 0 spiro atoms. The second kappa shape index (κ2) is 8.51. The molecule has 1 atom stereocenters. The lowest BCUT2D eigenvalue weighted by molar-refractivity contribution is 0.114. The Kier molecular flexibility index (Phi) is 7.32. The van der Waals surface area contributed by atoms with Crippen LogP contribution in [0.2, 0.25) is 0 Å². The van der Waals surface area contributed by atoms with Crippen LogP contribution in [0.5, 0.6) is 5.75 Å². The van der Waals surface area contributed by atoms with Crippen molar-refractivity contribution in [1.82, 2.24) is 0 Å². The van der Waals surface area contributed by atoms with Crippen LogP contribution in [-0.2, 0) is 11.2 Å². The second-order valence-corrected chi connectivity index (χ2v) is 5.07. The fraction of sp³-hybridized carbons (Fsp3) is 0.571. The van der Waals surface area contributed by atoms with Crippen LogP contribution in [0.4, 0.5) is 0 Å². The predicted molar refractivity (Wildman–Crippen MR) is 76.1 cm³/mol. The van der Waals surface area contributed by atoms with Gasteiger partial charge in [-0.3, -0.25) is 0 Å². The first kappa shape index (κ1) is 15.5. The Bertz CT molecular complexity index is 355. The second-order valence-electron chi connectivity index (χ2n) is 4.15. The van der Waals surface area contributed by atoms with Gasteiger partial charge in [0.1, 0.15) is 5.75 Å². The highest BCUT2D eigenvalue weighted by Crippen LogP contribution is 2.24. The van der Waals surface area contributed by atoms with Gasteiger partial charge in [-0.25, -0.2) is 0 Å². The summed E-state index contributed by atoms with van der Waals surface area (Å²) < 4.78 is 11.5. The third-order valence-electron chi connectivity index (χ3n) is 2.73. The molecule has 0 aliphatic carbocycles. The van der Waals surface area contributed by atoms with E-state index in [4.69, 9.17) is 9.47 Å². The van der Waals surface area contributed by atoms with Crippen LogP contribution >= 0.6 is 15.9 Å². The summed E-state index contributed by atoms with van der Waals surface area (Å²) in [5.41, 5.74) is 1.02. The molecule has 1 unspecified atom stereocenters. The molecule has 1 rings (SSSR count). The molecule has 0 radical (unpaired) electrons. The predicted octanol–water partition coefficient (Wildman–Crippen LogP) is 3.18. The van der Waals surface area contributed by atoms with Crippen LogP contribution < -0.4 is 4.74 Å². The zero-order valence-electron chi connectivity index (χ0n) is 11.0. The van der Waals surface area contributed by atoms with E-state index in [-0.39, 0.29) is 6.10 Å². The molecule has 0 fully saturated rings. The summed E-state index contributed by atoms with van der Waals surface area (Å²) in [7, 11) is 1.65. The maximum Gasteiger partial charge on any atom is 0.122 e. The summed E-state index contributed by atoms with van der Waals surface area (Å²) in [6, 6.07) is 5.83. The standard InChI is InChI=1S/C14H21BrO3/c1-3-18-8-4-5-13(16)10-11-9-12(15)6-7-14(11)17-2/h6-7,9,13,16H,3-5,8,10H2,1-2H3. The number of ether oxygens (including phenoxy) is 2. The number of hydrogen-bond donors (Lipinski definition) is 1. The van der Waals surface area contributed by atoms with Gasteiger partial charge >= 0.3 is 0 Å². The summed E-state index contributed by atoms with van der Waals surface area (Å²) in [5, 5.41) is 9.99. The fourth-order valence-corrected chi connectivity index (χ4v) is 2.24. The van der Waals surface area contributed by atoms with Crippen LogP contribution in [0.15, 0.2) is 22.7 Å². The highest BCUT2D eigenvalue weighted by atomic mass is 79.9. The first-order valence-corrected chi connectivity index (χ1v) is 7.05. The Balaban J connectivity index is 2.47. The summed E-state index contributed by atoms with van der Waals surface area (Å²) >= 11 is 3.43. The average Bonchev–Trinajstić information content (AvgIpc) is 2.35. The van der Waals surface area contributed by atoms with E-state index in [1.54, 1.807) is 7.11 Å². The molecule has 0 aliphatic heterocycles. The maximum absolute atomic E-state index is 9.99. The van der Waals surface area contributed by atoms with Crippen LogP contribution in [0.3, 0.4) is 0 Å². The summed E-state index contributed by atoms with van der Waals surface area (Å²) in [5.74, 6) is 0.821. The van der Waals surface area contributed by atoms with E-state index in [9.17, 15) is 5.11 Å². The Labute approximate surface area is 117 Å². The van der Waals surface area contributed by atoms with Gasteiger partial charge in [-0.15, -0.1) is 0 Å². The van der Waals surface area contributed by atoms with E-state index in [0.717, 1.165) is 35.2 Å². The average molecular weight is 317 g/mol. The minimum atomic E-state index is -0.353. The van der Waals surface area contributed by atoms with Crippen molar-refractivity contribution in [2.75, 3.05) is 20.3 Å². The van der Waals surface area contributed by atoms with Crippen LogP contribution in [-0.4, -0.2) is 31.5 Å². The largest absolute Gasteiger partial charge is 0.496 e. The lowest BCUT2D eigenvalue weighted by Gasteiger charge is -2.13. The molecule has 0 saturated heterocycles. The summed E-state index contributed by atoms with van der Waals surface area (Å²) in [6.45, 7) is 3.42. The highest BCUT2D eigenvalue weighted by molar-refractivity contribution is 9.10. The molecule has 1 aromatic rings.